The van der Waals surface area contributed by atoms with E-state index in [1.165, 1.54) is 0 Å². The molecule has 0 bridgehead atoms. The van der Waals surface area contributed by atoms with Crippen LogP contribution in [0.2, 0.25) is 0 Å². The standard InChI is InChI=1S/C13H17N3O/c1-8-6-14-7-10(8)13-15-11-4-3-9(17-2)5-12(11)16-13/h3-5,8,10,14H,6-7H2,1-2H3,(H,15,16). The Kier molecular flexibility index (Phi) is 2.52. The van der Waals surface area contributed by atoms with Gasteiger partial charge in [0.1, 0.15) is 11.6 Å². The summed E-state index contributed by atoms with van der Waals surface area (Å²) in [6, 6.07) is 5.95. The first-order valence-corrected chi connectivity index (χ1v) is 6.02. The summed E-state index contributed by atoms with van der Waals surface area (Å²) >= 11 is 0. The maximum atomic E-state index is 5.22. The lowest BCUT2D eigenvalue weighted by Crippen LogP contribution is -2.09. The topological polar surface area (TPSA) is 49.9 Å². The molecule has 0 saturated carbocycles. The predicted octanol–water partition coefficient (Wildman–Crippen LogP) is 1.89. The summed E-state index contributed by atoms with van der Waals surface area (Å²) in [6.45, 7) is 4.35. The molecule has 1 aliphatic heterocycles. The summed E-state index contributed by atoms with van der Waals surface area (Å²) in [4.78, 5) is 8.08. The molecule has 1 aliphatic rings. The van der Waals surface area contributed by atoms with Crippen LogP contribution in [0.5, 0.6) is 5.75 Å². The molecule has 0 aliphatic carbocycles. The van der Waals surface area contributed by atoms with E-state index in [1.807, 2.05) is 18.2 Å². The van der Waals surface area contributed by atoms with Gasteiger partial charge < -0.3 is 15.0 Å². The van der Waals surface area contributed by atoms with Crippen LogP contribution in [0.3, 0.4) is 0 Å². The molecule has 1 aromatic carbocycles. The smallest absolute Gasteiger partial charge is 0.121 e. The Labute approximate surface area is 100 Å². The molecule has 1 saturated heterocycles. The fourth-order valence-corrected chi connectivity index (χ4v) is 2.49. The van der Waals surface area contributed by atoms with Crippen LogP contribution in [0, 0.1) is 5.92 Å². The van der Waals surface area contributed by atoms with E-state index in [-0.39, 0.29) is 0 Å². The van der Waals surface area contributed by atoms with Crippen molar-refractivity contribution in [1.82, 2.24) is 15.3 Å². The molecule has 2 N–H and O–H groups in total. The number of imidazole rings is 1. The van der Waals surface area contributed by atoms with E-state index in [9.17, 15) is 0 Å². The predicted molar refractivity (Wildman–Crippen MR) is 67.4 cm³/mol. The average molecular weight is 231 g/mol. The van der Waals surface area contributed by atoms with Crippen LogP contribution in [0.1, 0.15) is 18.7 Å². The van der Waals surface area contributed by atoms with Gasteiger partial charge in [0.05, 0.1) is 18.1 Å². The van der Waals surface area contributed by atoms with Gasteiger partial charge in [0.15, 0.2) is 0 Å². The van der Waals surface area contributed by atoms with Crippen molar-refractivity contribution >= 4 is 11.0 Å². The van der Waals surface area contributed by atoms with E-state index in [1.54, 1.807) is 7.11 Å². The summed E-state index contributed by atoms with van der Waals surface area (Å²) in [5.74, 6) is 3.09. The fraction of sp³-hybridized carbons (Fsp3) is 0.462. The molecule has 1 fully saturated rings. The van der Waals surface area contributed by atoms with E-state index in [4.69, 9.17) is 4.74 Å². The number of hydrogen-bond donors (Lipinski definition) is 2. The molecule has 4 nitrogen and oxygen atoms in total. The highest BCUT2D eigenvalue weighted by Gasteiger charge is 2.27. The minimum Gasteiger partial charge on any atom is -0.497 e. The summed E-state index contributed by atoms with van der Waals surface area (Å²) < 4.78 is 5.22. The zero-order chi connectivity index (χ0) is 11.8. The zero-order valence-electron chi connectivity index (χ0n) is 10.2. The first kappa shape index (κ1) is 10.6. The van der Waals surface area contributed by atoms with Crippen LogP contribution in [-0.4, -0.2) is 30.2 Å². The largest absolute Gasteiger partial charge is 0.497 e. The summed E-state index contributed by atoms with van der Waals surface area (Å²) in [6.07, 6.45) is 0. The molecule has 3 rings (SSSR count). The number of aromatic amines is 1. The Morgan fingerprint density at radius 3 is 2.94 bits per heavy atom. The SMILES string of the molecule is COc1ccc2nc(C3CNCC3C)[nH]c2c1. The summed E-state index contributed by atoms with van der Waals surface area (Å²) in [5.41, 5.74) is 2.07. The van der Waals surface area contributed by atoms with Crippen molar-refractivity contribution in [2.24, 2.45) is 5.92 Å². The Balaban J connectivity index is 2.01. The number of hydrogen-bond acceptors (Lipinski definition) is 3. The third-order valence-electron chi connectivity index (χ3n) is 3.58. The molecule has 2 heterocycles. The normalized spacial score (nSPS) is 24.4. The molecule has 2 unspecified atom stereocenters. The number of ether oxygens (including phenoxy) is 1. The second kappa shape index (κ2) is 4.04. The Hall–Kier alpha value is -1.55. The highest BCUT2D eigenvalue weighted by Crippen LogP contribution is 2.28. The van der Waals surface area contributed by atoms with Gasteiger partial charge in [-0.3, -0.25) is 0 Å². The first-order chi connectivity index (χ1) is 8.28. The van der Waals surface area contributed by atoms with E-state index < -0.39 is 0 Å². The molecule has 2 atom stereocenters. The highest BCUT2D eigenvalue weighted by atomic mass is 16.5. The van der Waals surface area contributed by atoms with Crippen LogP contribution < -0.4 is 10.1 Å². The number of nitrogens with one attached hydrogen (secondary N) is 2. The average Bonchev–Trinajstić information content (AvgIpc) is 2.93. The summed E-state index contributed by atoms with van der Waals surface area (Å²) in [5, 5.41) is 3.40. The minimum absolute atomic E-state index is 0.494. The minimum atomic E-state index is 0.494. The fourth-order valence-electron chi connectivity index (χ4n) is 2.49. The third-order valence-corrected chi connectivity index (χ3v) is 3.58. The van der Waals surface area contributed by atoms with Crippen LogP contribution >= 0.6 is 0 Å². The molecule has 2 aromatic rings. The van der Waals surface area contributed by atoms with Crippen molar-refractivity contribution in [3.8, 4) is 5.75 Å². The van der Waals surface area contributed by atoms with Gasteiger partial charge in [-0.2, -0.15) is 0 Å². The summed E-state index contributed by atoms with van der Waals surface area (Å²) in [7, 11) is 1.68. The Morgan fingerprint density at radius 1 is 1.35 bits per heavy atom. The molecule has 0 spiro atoms. The molecule has 90 valence electrons. The number of methoxy groups -OCH3 is 1. The van der Waals surface area contributed by atoms with Gasteiger partial charge in [0.2, 0.25) is 0 Å². The number of benzene rings is 1. The Morgan fingerprint density at radius 2 is 2.24 bits per heavy atom. The number of nitrogens with zero attached hydrogens (tertiary/aromatic N) is 1. The number of H-pyrrole nitrogens is 1. The van der Waals surface area contributed by atoms with Gasteiger partial charge >= 0.3 is 0 Å². The van der Waals surface area contributed by atoms with Crippen molar-refractivity contribution in [2.45, 2.75) is 12.8 Å². The molecular formula is C13H17N3O. The lowest BCUT2D eigenvalue weighted by molar-refractivity contribution is 0.415. The van der Waals surface area contributed by atoms with Crippen molar-refractivity contribution in [1.29, 1.82) is 0 Å². The van der Waals surface area contributed by atoms with Crippen LogP contribution in [0.4, 0.5) is 0 Å². The van der Waals surface area contributed by atoms with Crippen molar-refractivity contribution in [2.75, 3.05) is 20.2 Å². The number of fused-ring (bicyclic) bond motifs is 1. The highest BCUT2D eigenvalue weighted by molar-refractivity contribution is 5.76. The van der Waals surface area contributed by atoms with Crippen molar-refractivity contribution in [3.05, 3.63) is 24.0 Å². The van der Waals surface area contributed by atoms with Gasteiger partial charge in [0.25, 0.3) is 0 Å². The lowest BCUT2D eigenvalue weighted by atomic mass is 9.98. The van der Waals surface area contributed by atoms with Gasteiger partial charge in [-0.25, -0.2) is 4.98 Å². The maximum Gasteiger partial charge on any atom is 0.121 e. The van der Waals surface area contributed by atoms with Gasteiger partial charge in [-0.1, -0.05) is 6.92 Å². The van der Waals surface area contributed by atoms with Gasteiger partial charge in [-0.15, -0.1) is 0 Å². The van der Waals surface area contributed by atoms with E-state index in [0.717, 1.165) is 35.7 Å². The van der Waals surface area contributed by atoms with E-state index >= 15 is 0 Å². The second-order valence-corrected chi connectivity index (χ2v) is 4.75. The molecule has 17 heavy (non-hydrogen) atoms. The maximum absolute atomic E-state index is 5.22. The van der Waals surface area contributed by atoms with Crippen LogP contribution in [-0.2, 0) is 0 Å². The van der Waals surface area contributed by atoms with Crippen LogP contribution in [0.25, 0.3) is 11.0 Å². The van der Waals surface area contributed by atoms with Gasteiger partial charge in [-0.05, 0) is 24.6 Å². The second-order valence-electron chi connectivity index (χ2n) is 4.75. The van der Waals surface area contributed by atoms with E-state index in [0.29, 0.717) is 11.8 Å². The first-order valence-electron chi connectivity index (χ1n) is 6.02. The monoisotopic (exact) mass is 231 g/mol. The molecule has 0 radical (unpaired) electrons. The zero-order valence-corrected chi connectivity index (χ0v) is 10.2. The van der Waals surface area contributed by atoms with Crippen molar-refractivity contribution in [3.63, 3.8) is 0 Å². The lowest BCUT2D eigenvalue weighted by Gasteiger charge is -2.09. The molecule has 4 heteroatoms. The quantitative estimate of drug-likeness (QED) is 0.830. The number of rotatable bonds is 2. The van der Waals surface area contributed by atoms with Crippen molar-refractivity contribution < 1.29 is 4.74 Å². The third kappa shape index (κ3) is 1.78. The molecular weight excluding hydrogens is 214 g/mol. The van der Waals surface area contributed by atoms with E-state index in [2.05, 4.69) is 22.2 Å². The van der Waals surface area contributed by atoms with Gasteiger partial charge in [0, 0.05) is 18.5 Å². The number of aromatic nitrogens is 2. The Bertz CT molecular complexity index is 534. The molecule has 0 amide bonds. The molecule has 1 aromatic heterocycles. The van der Waals surface area contributed by atoms with Crippen LogP contribution in [0.15, 0.2) is 18.2 Å².